The first-order valence-corrected chi connectivity index (χ1v) is 6.53. The van der Waals surface area contributed by atoms with E-state index in [1.165, 1.54) is 22.3 Å². The molecular formula is C17H18O. The summed E-state index contributed by atoms with van der Waals surface area (Å²) in [6.45, 7) is 4.29. The van der Waals surface area contributed by atoms with Gasteiger partial charge in [-0.1, -0.05) is 48.0 Å². The summed E-state index contributed by atoms with van der Waals surface area (Å²) in [5.41, 5.74) is 5.31. The zero-order valence-corrected chi connectivity index (χ0v) is 10.9. The van der Waals surface area contributed by atoms with Crippen molar-refractivity contribution in [2.75, 3.05) is 0 Å². The van der Waals surface area contributed by atoms with E-state index in [2.05, 4.69) is 56.3 Å². The summed E-state index contributed by atoms with van der Waals surface area (Å²) in [6, 6.07) is 15.0. The van der Waals surface area contributed by atoms with Crippen LogP contribution in [0.5, 0.6) is 5.75 Å². The molecule has 1 nitrogen and oxygen atoms in total. The molecule has 0 saturated heterocycles. The first kappa shape index (κ1) is 11.3. The minimum Gasteiger partial charge on any atom is -0.489 e. The third kappa shape index (κ3) is 2.13. The number of benzene rings is 2. The van der Waals surface area contributed by atoms with E-state index in [4.69, 9.17) is 4.74 Å². The Morgan fingerprint density at radius 2 is 1.89 bits per heavy atom. The van der Waals surface area contributed by atoms with Gasteiger partial charge in [-0.15, -0.1) is 0 Å². The van der Waals surface area contributed by atoms with Crippen LogP contribution in [-0.4, -0.2) is 6.10 Å². The van der Waals surface area contributed by atoms with E-state index in [-0.39, 0.29) is 0 Å². The topological polar surface area (TPSA) is 9.23 Å². The highest BCUT2D eigenvalue weighted by Crippen LogP contribution is 2.34. The van der Waals surface area contributed by atoms with E-state index >= 15 is 0 Å². The van der Waals surface area contributed by atoms with Gasteiger partial charge in [-0.2, -0.15) is 0 Å². The summed E-state index contributed by atoms with van der Waals surface area (Å²) in [6.07, 6.45) is 2.32. The van der Waals surface area contributed by atoms with E-state index in [9.17, 15) is 0 Å². The standard InChI is InChI=1S/C17H18O/c1-12-8-13(2)17-15(9-12)11-16(18-17)10-14-6-4-3-5-7-14/h3-9,16H,10-11H2,1-2H3. The van der Waals surface area contributed by atoms with Gasteiger partial charge in [0.15, 0.2) is 0 Å². The van der Waals surface area contributed by atoms with Gasteiger partial charge < -0.3 is 4.74 Å². The predicted molar refractivity (Wildman–Crippen MR) is 74.2 cm³/mol. The van der Waals surface area contributed by atoms with Crippen LogP contribution < -0.4 is 4.74 Å². The molecule has 92 valence electrons. The normalized spacial score (nSPS) is 17.3. The molecule has 0 spiro atoms. The zero-order chi connectivity index (χ0) is 12.5. The fourth-order valence-electron chi connectivity index (χ4n) is 2.81. The highest BCUT2D eigenvalue weighted by molar-refractivity contribution is 5.46. The molecule has 1 unspecified atom stereocenters. The Balaban J connectivity index is 1.79. The van der Waals surface area contributed by atoms with Crippen molar-refractivity contribution in [2.45, 2.75) is 32.8 Å². The fourth-order valence-corrected chi connectivity index (χ4v) is 2.81. The lowest BCUT2D eigenvalue weighted by molar-refractivity contribution is 0.232. The summed E-state index contributed by atoms with van der Waals surface area (Å²) in [5.74, 6) is 1.11. The van der Waals surface area contributed by atoms with Gasteiger partial charge in [0, 0.05) is 12.8 Å². The van der Waals surface area contributed by atoms with Crippen LogP contribution in [0, 0.1) is 13.8 Å². The van der Waals surface area contributed by atoms with E-state index in [1.54, 1.807) is 0 Å². The maximum absolute atomic E-state index is 6.10. The molecule has 0 N–H and O–H groups in total. The molecule has 1 heterocycles. The molecule has 0 aliphatic carbocycles. The first-order valence-electron chi connectivity index (χ1n) is 6.53. The number of hydrogen-bond donors (Lipinski definition) is 0. The van der Waals surface area contributed by atoms with Crippen LogP contribution in [-0.2, 0) is 12.8 Å². The molecule has 0 radical (unpaired) electrons. The van der Waals surface area contributed by atoms with Crippen molar-refractivity contribution in [3.63, 3.8) is 0 Å². The van der Waals surface area contributed by atoms with Crippen molar-refractivity contribution in [2.24, 2.45) is 0 Å². The van der Waals surface area contributed by atoms with Crippen molar-refractivity contribution in [3.05, 3.63) is 64.7 Å². The highest BCUT2D eigenvalue weighted by Gasteiger charge is 2.24. The van der Waals surface area contributed by atoms with Crippen LogP contribution in [0.1, 0.15) is 22.3 Å². The van der Waals surface area contributed by atoms with Crippen molar-refractivity contribution in [1.82, 2.24) is 0 Å². The van der Waals surface area contributed by atoms with Gasteiger partial charge in [0.25, 0.3) is 0 Å². The molecule has 0 bridgehead atoms. The second kappa shape index (κ2) is 4.49. The van der Waals surface area contributed by atoms with Crippen molar-refractivity contribution in [1.29, 1.82) is 0 Å². The van der Waals surface area contributed by atoms with Crippen LogP contribution in [0.15, 0.2) is 42.5 Å². The minimum atomic E-state index is 0.294. The van der Waals surface area contributed by atoms with Crippen LogP contribution in [0.2, 0.25) is 0 Å². The summed E-state index contributed by atoms with van der Waals surface area (Å²) in [4.78, 5) is 0. The molecule has 1 heteroatoms. The van der Waals surface area contributed by atoms with Crippen molar-refractivity contribution >= 4 is 0 Å². The molecule has 2 aromatic carbocycles. The number of fused-ring (bicyclic) bond motifs is 1. The molecule has 18 heavy (non-hydrogen) atoms. The maximum Gasteiger partial charge on any atom is 0.126 e. The minimum absolute atomic E-state index is 0.294. The second-order valence-corrected chi connectivity index (χ2v) is 5.20. The lowest BCUT2D eigenvalue weighted by Gasteiger charge is -2.11. The Hall–Kier alpha value is -1.76. The molecule has 0 aromatic heterocycles. The summed E-state index contributed by atoms with van der Waals surface area (Å²) in [7, 11) is 0. The third-order valence-corrected chi connectivity index (χ3v) is 3.53. The lowest BCUT2D eigenvalue weighted by atomic mass is 10.0. The summed E-state index contributed by atoms with van der Waals surface area (Å²) < 4.78 is 6.10. The third-order valence-electron chi connectivity index (χ3n) is 3.53. The lowest BCUT2D eigenvalue weighted by Crippen LogP contribution is -2.16. The van der Waals surface area contributed by atoms with E-state index in [0.29, 0.717) is 6.10 Å². The van der Waals surface area contributed by atoms with Gasteiger partial charge >= 0.3 is 0 Å². The Kier molecular flexibility index (Phi) is 2.83. The van der Waals surface area contributed by atoms with Gasteiger partial charge in [0.1, 0.15) is 11.9 Å². The van der Waals surface area contributed by atoms with Gasteiger partial charge in [0.2, 0.25) is 0 Å². The van der Waals surface area contributed by atoms with Crippen LogP contribution in [0.3, 0.4) is 0 Å². The van der Waals surface area contributed by atoms with Gasteiger partial charge in [-0.3, -0.25) is 0 Å². The second-order valence-electron chi connectivity index (χ2n) is 5.20. The highest BCUT2D eigenvalue weighted by atomic mass is 16.5. The summed E-state index contributed by atoms with van der Waals surface area (Å²) >= 11 is 0. The predicted octanol–water partition coefficient (Wildman–Crippen LogP) is 3.85. The molecular weight excluding hydrogens is 220 g/mol. The van der Waals surface area contributed by atoms with Crippen LogP contribution in [0.4, 0.5) is 0 Å². The van der Waals surface area contributed by atoms with Gasteiger partial charge in [-0.25, -0.2) is 0 Å². The van der Waals surface area contributed by atoms with E-state index < -0.39 is 0 Å². The van der Waals surface area contributed by atoms with Gasteiger partial charge in [0.05, 0.1) is 0 Å². The average molecular weight is 238 g/mol. The molecule has 1 aliphatic rings. The first-order chi connectivity index (χ1) is 8.72. The van der Waals surface area contributed by atoms with E-state index in [1.807, 2.05) is 0 Å². The molecule has 0 fully saturated rings. The average Bonchev–Trinajstić information content (AvgIpc) is 2.73. The largest absolute Gasteiger partial charge is 0.489 e. The molecule has 3 rings (SSSR count). The Morgan fingerprint density at radius 1 is 1.11 bits per heavy atom. The van der Waals surface area contributed by atoms with E-state index in [0.717, 1.165) is 18.6 Å². The number of ether oxygens (including phenoxy) is 1. The van der Waals surface area contributed by atoms with Crippen molar-refractivity contribution in [3.8, 4) is 5.75 Å². The maximum atomic E-state index is 6.10. The van der Waals surface area contributed by atoms with Crippen LogP contribution >= 0.6 is 0 Å². The Bertz CT molecular complexity index is 557. The number of rotatable bonds is 2. The molecule has 1 atom stereocenters. The zero-order valence-electron chi connectivity index (χ0n) is 10.9. The molecule has 1 aliphatic heterocycles. The summed E-state index contributed by atoms with van der Waals surface area (Å²) in [5, 5.41) is 0. The molecule has 2 aromatic rings. The number of aryl methyl sites for hydroxylation is 2. The van der Waals surface area contributed by atoms with Crippen molar-refractivity contribution < 1.29 is 4.74 Å². The molecule has 0 amide bonds. The Morgan fingerprint density at radius 3 is 2.67 bits per heavy atom. The molecule has 0 saturated carbocycles. The quantitative estimate of drug-likeness (QED) is 0.772. The smallest absolute Gasteiger partial charge is 0.126 e. The number of hydrogen-bond acceptors (Lipinski definition) is 1. The fraction of sp³-hybridized carbons (Fsp3) is 0.294. The Labute approximate surface area is 108 Å². The van der Waals surface area contributed by atoms with Crippen LogP contribution in [0.25, 0.3) is 0 Å². The van der Waals surface area contributed by atoms with Gasteiger partial charge in [-0.05, 0) is 30.5 Å². The monoisotopic (exact) mass is 238 g/mol. The SMILES string of the molecule is Cc1cc(C)c2c(c1)CC(Cc1ccccc1)O2.